The van der Waals surface area contributed by atoms with Crippen LogP contribution in [0.1, 0.15) is 83.9 Å². The van der Waals surface area contributed by atoms with Crippen molar-refractivity contribution in [3.63, 3.8) is 0 Å². The van der Waals surface area contributed by atoms with Crippen LogP contribution in [-0.2, 0) is 4.74 Å². The molecule has 1 aliphatic rings. The van der Waals surface area contributed by atoms with E-state index in [1.54, 1.807) is 39.0 Å². The van der Waals surface area contributed by atoms with Gasteiger partial charge in [0.1, 0.15) is 27.6 Å². The van der Waals surface area contributed by atoms with E-state index in [0.717, 1.165) is 11.1 Å². The number of carbonyl (C=O) groups excluding carboxylic acids is 2. The summed E-state index contributed by atoms with van der Waals surface area (Å²) >= 11 is 7.66. The van der Waals surface area contributed by atoms with Crippen molar-refractivity contribution in [1.82, 2.24) is 5.16 Å². The molecule has 2 heterocycles. The highest BCUT2D eigenvalue weighted by Gasteiger charge is 2.28. The van der Waals surface area contributed by atoms with Crippen LogP contribution in [0.4, 0.5) is 5.00 Å². The average Bonchev–Trinajstić information content (AvgIpc) is 3.52. The molecular formula is C31H31ClN2O4S. The third-order valence-electron chi connectivity index (χ3n) is 7.08. The summed E-state index contributed by atoms with van der Waals surface area (Å²) in [5.74, 6) is 0.0167. The number of hydrogen-bond donors (Lipinski definition) is 1. The number of thiophene rings is 1. The highest BCUT2D eigenvalue weighted by atomic mass is 35.5. The predicted molar refractivity (Wildman–Crippen MR) is 156 cm³/mol. The van der Waals surface area contributed by atoms with E-state index >= 15 is 0 Å². The van der Waals surface area contributed by atoms with Crippen molar-refractivity contribution in [3.8, 4) is 22.4 Å². The number of hydrogen-bond acceptors (Lipinski definition) is 6. The third-order valence-corrected chi connectivity index (χ3v) is 8.31. The number of rotatable bonds is 7. The van der Waals surface area contributed by atoms with Gasteiger partial charge in [0, 0.05) is 16.5 Å². The van der Waals surface area contributed by atoms with E-state index in [0.29, 0.717) is 38.5 Å². The Morgan fingerprint density at radius 1 is 1.03 bits per heavy atom. The molecule has 39 heavy (non-hydrogen) atoms. The molecule has 0 radical (unpaired) electrons. The van der Waals surface area contributed by atoms with Gasteiger partial charge in [0.2, 0.25) is 0 Å². The Kier molecular flexibility index (Phi) is 8.19. The summed E-state index contributed by atoms with van der Waals surface area (Å²) in [6, 6.07) is 15.6. The summed E-state index contributed by atoms with van der Waals surface area (Å²) in [6.45, 7) is 5.28. The van der Waals surface area contributed by atoms with Crippen LogP contribution in [0.25, 0.3) is 22.4 Å². The van der Waals surface area contributed by atoms with Crippen molar-refractivity contribution < 1.29 is 18.8 Å². The minimum Gasteiger partial charge on any atom is -0.459 e. The Hall–Kier alpha value is -3.42. The first-order valence-corrected chi connectivity index (χ1v) is 14.5. The Labute approximate surface area is 237 Å². The standard InChI is InChI=1S/C31H31ClN2O4S/c1-18(2)37-31(36)27-24(22-15-13-21(14-16-22)20-9-5-4-6-10-20)17-39-30(27)33-29(35)26-19(3)38-34-28(26)23-11-7-8-12-25(23)32/h7-8,11-18,20H,4-6,9-10H2,1-3H3,(H,33,35). The Morgan fingerprint density at radius 2 is 1.74 bits per heavy atom. The molecular weight excluding hydrogens is 532 g/mol. The summed E-state index contributed by atoms with van der Waals surface area (Å²) in [7, 11) is 0. The van der Waals surface area contributed by atoms with Crippen LogP contribution in [0.15, 0.2) is 58.4 Å². The molecule has 2 aromatic heterocycles. The van der Waals surface area contributed by atoms with Gasteiger partial charge in [-0.1, -0.05) is 78.5 Å². The molecule has 0 bridgehead atoms. The number of nitrogens with one attached hydrogen (secondary N) is 1. The number of halogens is 1. The maximum absolute atomic E-state index is 13.6. The van der Waals surface area contributed by atoms with E-state index in [4.69, 9.17) is 20.9 Å². The van der Waals surface area contributed by atoms with Gasteiger partial charge in [-0.3, -0.25) is 4.79 Å². The SMILES string of the molecule is Cc1onc(-c2ccccc2Cl)c1C(=O)Nc1scc(-c2ccc(C3CCCCC3)cc2)c1C(=O)OC(C)C. The first-order chi connectivity index (χ1) is 18.8. The molecule has 5 rings (SSSR count). The predicted octanol–water partition coefficient (Wildman–Crippen LogP) is 8.90. The van der Waals surface area contributed by atoms with Crippen LogP contribution in [0.2, 0.25) is 5.02 Å². The van der Waals surface area contributed by atoms with Crippen LogP contribution in [-0.4, -0.2) is 23.1 Å². The first kappa shape index (κ1) is 27.2. The quantitative estimate of drug-likeness (QED) is 0.227. The monoisotopic (exact) mass is 562 g/mol. The van der Waals surface area contributed by atoms with Gasteiger partial charge in [-0.25, -0.2) is 4.79 Å². The second kappa shape index (κ2) is 11.8. The molecule has 0 spiro atoms. The lowest BCUT2D eigenvalue weighted by molar-refractivity contribution is 0.0380. The highest BCUT2D eigenvalue weighted by Crippen LogP contribution is 2.39. The van der Waals surface area contributed by atoms with Gasteiger partial charge < -0.3 is 14.6 Å². The molecule has 1 fully saturated rings. The Balaban J connectivity index is 1.48. The molecule has 1 N–H and O–H groups in total. The number of aryl methyl sites for hydroxylation is 1. The van der Waals surface area contributed by atoms with Crippen molar-refractivity contribution in [2.45, 2.75) is 64.9 Å². The van der Waals surface area contributed by atoms with E-state index < -0.39 is 11.9 Å². The fraction of sp³-hybridized carbons (Fsp3) is 0.323. The van der Waals surface area contributed by atoms with E-state index in [1.807, 2.05) is 11.4 Å². The minimum absolute atomic E-state index is 0.262. The molecule has 4 aromatic rings. The molecule has 6 nitrogen and oxygen atoms in total. The van der Waals surface area contributed by atoms with Crippen molar-refractivity contribution in [3.05, 3.63) is 81.4 Å². The smallest absolute Gasteiger partial charge is 0.342 e. The minimum atomic E-state index is -0.485. The molecule has 0 atom stereocenters. The largest absolute Gasteiger partial charge is 0.459 e. The maximum Gasteiger partial charge on any atom is 0.342 e. The number of aromatic nitrogens is 1. The van der Waals surface area contributed by atoms with E-state index in [2.05, 4.69) is 34.7 Å². The molecule has 8 heteroatoms. The second-order valence-electron chi connectivity index (χ2n) is 10.2. The van der Waals surface area contributed by atoms with Gasteiger partial charge in [-0.05, 0) is 56.7 Å². The van der Waals surface area contributed by atoms with Gasteiger partial charge in [0.05, 0.1) is 11.1 Å². The van der Waals surface area contributed by atoms with E-state index in [9.17, 15) is 9.59 Å². The molecule has 1 amide bonds. The summed E-state index contributed by atoms with van der Waals surface area (Å²) in [6.07, 6.45) is 5.99. The van der Waals surface area contributed by atoms with Crippen LogP contribution in [0, 0.1) is 6.92 Å². The van der Waals surface area contributed by atoms with Crippen molar-refractivity contribution in [1.29, 1.82) is 0 Å². The fourth-order valence-electron chi connectivity index (χ4n) is 5.15. The summed E-state index contributed by atoms with van der Waals surface area (Å²) in [4.78, 5) is 26.9. The van der Waals surface area contributed by atoms with E-state index in [-0.39, 0.29) is 11.7 Å². The number of benzene rings is 2. The topological polar surface area (TPSA) is 81.4 Å². The molecule has 1 saturated carbocycles. The van der Waals surface area contributed by atoms with Crippen LogP contribution in [0.3, 0.4) is 0 Å². The lowest BCUT2D eigenvalue weighted by Crippen LogP contribution is -2.17. The van der Waals surface area contributed by atoms with Gasteiger partial charge in [0.15, 0.2) is 0 Å². The lowest BCUT2D eigenvalue weighted by atomic mass is 9.83. The summed E-state index contributed by atoms with van der Waals surface area (Å²) in [5, 5.41) is 9.77. The lowest BCUT2D eigenvalue weighted by Gasteiger charge is -2.22. The number of esters is 1. The first-order valence-electron chi connectivity index (χ1n) is 13.3. The molecule has 202 valence electrons. The van der Waals surface area contributed by atoms with Crippen molar-refractivity contribution >= 4 is 39.8 Å². The van der Waals surface area contributed by atoms with Gasteiger partial charge in [-0.2, -0.15) is 0 Å². The highest BCUT2D eigenvalue weighted by molar-refractivity contribution is 7.15. The maximum atomic E-state index is 13.6. The normalized spacial score (nSPS) is 14.0. The van der Waals surface area contributed by atoms with Gasteiger partial charge in [0.25, 0.3) is 5.91 Å². The second-order valence-corrected chi connectivity index (χ2v) is 11.4. The van der Waals surface area contributed by atoms with Crippen LogP contribution in [0.5, 0.6) is 0 Å². The van der Waals surface area contributed by atoms with Crippen LogP contribution >= 0.6 is 22.9 Å². The van der Waals surface area contributed by atoms with Crippen molar-refractivity contribution in [2.24, 2.45) is 0 Å². The molecule has 0 unspecified atom stereocenters. The zero-order valence-electron chi connectivity index (χ0n) is 22.3. The molecule has 1 aliphatic carbocycles. The average molecular weight is 563 g/mol. The van der Waals surface area contributed by atoms with Crippen LogP contribution < -0.4 is 5.32 Å². The fourth-order valence-corrected chi connectivity index (χ4v) is 6.33. The van der Waals surface area contributed by atoms with Crippen molar-refractivity contribution in [2.75, 3.05) is 5.32 Å². The summed E-state index contributed by atoms with van der Waals surface area (Å²) < 4.78 is 11.0. The third kappa shape index (κ3) is 5.80. The number of nitrogens with zero attached hydrogens (tertiary/aromatic N) is 1. The van der Waals surface area contributed by atoms with Gasteiger partial charge >= 0.3 is 5.97 Å². The van der Waals surface area contributed by atoms with E-state index in [1.165, 1.54) is 49.0 Å². The molecule has 0 saturated heterocycles. The molecule has 0 aliphatic heterocycles. The Morgan fingerprint density at radius 3 is 2.44 bits per heavy atom. The molecule has 2 aromatic carbocycles. The Bertz CT molecular complexity index is 1480. The number of ether oxygens (including phenoxy) is 1. The zero-order chi connectivity index (χ0) is 27.5. The van der Waals surface area contributed by atoms with Gasteiger partial charge in [-0.15, -0.1) is 11.3 Å². The number of anilines is 1. The number of amides is 1. The summed E-state index contributed by atoms with van der Waals surface area (Å²) in [5.41, 5.74) is 4.49. The zero-order valence-corrected chi connectivity index (χ0v) is 23.8. The number of carbonyl (C=O) groups is 2.